The van der Waals surface area contributed by atoms with Crippen molar-refractivity contribution in [1.82, 2.24) is 15.1 Å². The molecule has 0 radical (unpaired) electrons. The van der Waals surface area contributed by atoms with Crippen molar-refractivity contribution < 1.29 is 9.90 Å². The number of aromatic nitrogens is 2. The fourth-order valence-corrected chi connectivity index (χ4v) is 3.03. The molecule has 1 aliphatic carbocycles. The van der Waals surface area contributed by atoms with Crippen molar-refractivity contribution in [3.63, 3.8) is 0 Å². The van der Waals surface area contributed by atoms with E-state index < -0.39 is 5.97 Å². The highest BCUT2D eigenvalue weighted by Crippen LogP contribution is 2.29. The molecule has 1 aromatic rings. The normalized spacial score (nSPS) is 22.9. The number of nitrogens with one attached hydrogen (secondary N) is 1. The number of carboxylic acids is 1. The van der Waals surface area contributed by atoms with Gasteiger partial charge in [-0.25, -0.2) is 0 Å². The summed E-state index contributed by atoms with van der Waals surface area (Å²) in [5, 5.41) is 16.9. The molecule has 0 bridgehead atoms. The van der Waals surface area contributed by atoms with E-state index in [0.717, 1.165) is 51.7 Å². The van der Waals surface area contributed by atoms with E-state index in [1.54, 1.807) is 0 Å². The first-order chi connectivity index (χ1) is 9.70. The van der Waals surface area contributed by atoms with Crippen LogP contribution >= 0.6 is 0 Å². The van der Waals surface area contributed by atoms with Crippen molar-refractivity contribution in [2.24, 2.45) is 11.8 Å². The molecule has 1 saturated carbocycles. The predicted octanol–water partition coefficient (Wildman–Crippen LogP) is 2.27. The van der Waals surface area contributed by atoms with Crippen LogP contribution in [0.15, 0.2) is 12.4 Å². The molecule has 1 fully saturated rings. The fourth-order valence-electron chi connectivity index (χ4n) is 3.03. The number of aryl methyl sites for hydroxylation is 1. The molecule has 0 saturated heterocycles. The van der Waals surface area contributed by atoms with Crippen LogP contribution in [0, 0.1) is 11.8 Å². The van der Waals surface area contributed by atoms with Gasteiger partial charge in [-0.1, -0.05) is 19.8 Å². The van der Waals surface area contributed by atoms with Gasteiger partial charge >= 0.3 is 5.97 Å². The largest absolute Gasteiger partial charge is 0.481 e. The van der Waals surface area contributed by atoms with Crippen LogP contribution in [0.2, 0.25) is 0 Å². The van der Waals surface area contributed by atoms with Crippen molar-refractivity contribution in [2.45, 2.75) is 52.1 Å². The van der Waals surface area contributed by atoms with Crippen molar-refractivity contribution in [2.75, 3.05) is 6.54 Å². The summed E-state index contributed by atoms with van der Waals surface area (Å²) in [6, 6.07) is 0. The van der Waals surface area contributed by atoms with Gasteiger partial charge in [-0.15, -0.1) is 0 Å². The van der Waals surface area contributed by atoms with E-state index in [9.17, 15) is 9.90 Å². The van der Waals surface area contributed by atoms with Crippen molar-refractivity contribution in [3.8, 4) is 0 Å². The summed E-state index contributed by atoms with van der Waals surface area (Å²) in [5.74, 6) is -0.529. The molecule has 2 rings (SSSR count). The second-order valence-corrected chi connectivity index (χ2v) is 5.73. The summed E-state index contributed by atoms with van der Waals surface area (Å²) >= 11 is 0. The van der Waals surface area contributed by atoms with E-state index in [4.69, 9.17) is 0 Å². The number of hydrogen-bond acceptors (Lipinski definition) is 3. The Hall–Kier alpha value is -1.36. The van der Waals surface area contributed by atoms with Crippen LogP contribution in [-0.4, -0.2) is 27.4 Å². The standard InChI is InChI=1S/C15H25N3O2/c1-2-7-18-11-12(9-17-18)8-16-10-13-5-3-4-6-14(13)15(19)20/h9,11,13-14,16H,2-8,10H2,1H3,(H,19,20). The summed E-state index contributed by atoms with van der Waals surface area (Å²) in [7, 11) is 0. The molecular formula is C15H25N3O2. The number of aliphatic carboxylic acids is 1. The summed E-state index contributed by atoms with van der Waals surface area (Å²) in [5.41, 5.74) is 1.17. The Bertz CT molecular complexity index is 431. The van der Waals surface area contributed by atoms with Gasteiger partial charge in [0.2, 0.25) is 0 Å². The molecule has 2 unspecified atom stereocenters. The zero-order chi connectivity index (χ0) is 14.4. The number of hydrogen-bond donors (Lipinski definition) is 2. The van der Waals surface area contributed by atoms with Crippen molar-refractivity contribution in [1.29, 1.82) is 0 Å². The van der Waals surface area contributed by atoms with Gasteiger partial charge in [-0.3, -0.25) is 9.48 Å². The first-order valence-electron chi connectivity index (χ1n) is 7.65. The average molecular weight is 279 g/mol. The lowest BCUT2D eigenvalue weighted by atomic mass is 9.79. The minimum absolute atomic E-state index is 0.168. The van der Waals surface area contributed by atoms with Crippen LogP contribution in [0.1, 0.15) is 44.6 Å². The molecule has 2 N–H and O–H groups in total. The number of carboxylic acid groups (broad SMARTS) is 1. The van der Waals surface area contributed by atoms with Gasteiger partial charge in [0.05, 0.1) is 12.1 Å². The van der Waals surface area contributed by atoms with E-state index >= 15 is 0 Å². The molecule has 5 heteroatoms. The first-order valence-corrected chi connectivity index (χ1v) is 7.65. The Balaban J connectivity index is 1.77. The highest BCUT2D eigenvalue weighted by molar-refractivity contribution is 5.70. The minimum atomic E-state index is -0.632. The molecular weight excluding hydrogens is 254 g/mol. The molecule has 0 aliphatic heterocycles. The number of carbonyl (C=O) groups is 1. The second kappa shape index (κ2) is 7.43. The van der Waals surface area contributed by atoms with E-state index in [-0.39, 0.29) is 11.8 Å². The monoisotopic (exact) mass is 279 g/mol. The third kappa shape index (κ3) is 4.07. The third-order valence-corrected chi connectivity index (χ3v) is 4.10. The lowest BCUT2D eigenvalue weighted by molar-refractivity contribution is -0.144. The van der Waals surface area contributed by atoms with Crippen LogP contribution in [0.25, 0.3) is 0 Å². The van der Waals surface area contributed by atoms with Gasteiger partial charge in [0.25, 0.3) is 0 Å². The van der Waals surface area contributed by atoms with Gasteiger partial charge < -0.3 is 10.4 Å². The zero-order valence-electron chi connectivity index (χ0n) is 12.2. The molecule has 112 valence electrons. The quantitative estimate of drug-likeness (QED) is 0.803. The molecule has 0 aromatic carbocycles. The van der Waals surface area contributed by atoms with Crippen molar-refractivity contribution >= 4 is 5.97 Å². The zero-order valence-corrected chi connectivity index (χ0v) is 12.2. The fraction of sp³-hybridized carbons (Fsp3) is 0.733. The molecule has 5 nitrogen and oxygen atoms in total. The van der Waals surface area contributed by atoms with E-state index in [1.165, 1.54) is 5.56 Å². The van der Waals surface area contributed by atoms with Crippen LogP contribution < -0.4 is 5.32 Å². The molecule has 0 amide bonds. The topological polar surface area (TPSA) is 67.2 Å². The van der Waals surface area contributed by atoms with E-state index in [0.29, 0.717) is 0 Å². The third-order valence-electron chi connectivity index (χ3n) is 4.10. The average Bonchev–Trinajstić information content (AvgIpc) is 2.87. The Morgan fingerprint density at radius 1 is 1.50 bits per heavy atom. The van der Waals surface area contributed by atoms with Gasteiger partial charge in [0, 0.05) is 24.8 Å². The summed E-state index contributed by atoms with van der Waals surface area (Å²) in [6.07, 6.45) is 9.10. The Morgan fingerprint density at radius 2 is 2.30 bits per heavy atom. The SMILES string of the molecule is CCCn1cc(CNCC2CCCCC2C(=O)O)cn1. The smallest absolute Gasteiger partial charge is 0.306 e. The van der Waals surface area contributed by atoms with Crippen LogP contribution in [0.3, 0.4) is 0 Å². The summed E-state index contributed by atoms with van der Waals surface area (Å²) in [4.78, 5) is 11.2. The van der Waals surface area contributed by atoms with Crippen LogP contribution in [0.4, 0.5) is 0 Å². The van der Waals surface area contributed by atoms with Gasteiger partial charge in [0.15, 0.2) is 0 Å². The highest BCUT2D eigenvalue weighted by atomic mass is 16.4. The predicted molar refractivity (Wildman–Crippen MR) is 77.3 cm³/mol. The van der Waals surface area contributed by atoms with Gasteiger partial charge in [0.1, 0.15) is 0 Å². The molecule has 2 atom stereocenters. The second-order valence-electron chi connectivity index (χ2n) is 5.73. The summed E-state index contributed by atoms with van der Waals surface area (Å²) < 4.78 is 1.96. The Kier molecular flexibility index (Phi) is 5.59. The van der Waals surface area contributed by atoms with E-state index in [2.05, 4.69) is 23.5 Å². The summed E-state index contributed by atoms with van der Waals surface area (Å²) in [6.45, 7) is 4.64. The Morgan fingerprint density at radius 3 is 3.05 bits per heavy atom. The molecule has 1 aliphatic rings. The maximum atomic E-state index is 11.2. The number of rotatable bonds is 7. The van der Waals surface area contributed by atoms with Gasteiger partial charge in [-0.05, 0) is 31.7 Å². The first kappa shape index (κ1) is 15.0. The minimum Gasteiger partial charge on any atom is -0.481 e. The van der Waals surface area contributed by atoms with Gasteiger partial charge in [-0.2, -0.15) is 5.10 Å². The van der Waals surface area contributed by atoms with Crippen LogP contribution in [-0.2, 0) is 17.9 Å². The lowest BCUT2D eigenvalue weighted by Gasteiger charge is -2.28. The Labute approximate surface area is 120 Å². The van der Waals surface area contributed by atoms with E-state index in [1.807, 2.05) is 10.9 Å². The lowest BCUT2D eigenvalue weighted by Crippen LogP contribution is -2.34. The maximum Gasteiger partial charge on any atom is 0.306 e. The molecule has 20 heavy (non-hydrogen) atoms. The molecule has 1 aromatic heterocycles. The molecule has 1 heterocycles. The number of nitrogens with zero attached hydrogens (tertiary/aromatic N) is 2. The highest BCUT2D eigenvalue weighted by Gasteiger charge is 2.30. The maximum absolute atomic E-state index is 11.2. The molecule has 0 spiro atoms. The van der Waals surface area contributed by atoms with Crippen LogP contribution in [0.5, 0.6) is 0 Å². The van der Waals surface area contributed by atoms with Crippen molar-refractivity contribution in [3.05, 3.63) is 18.0 Å².